The van der Waals surface area contributed by atoms with Gasteiger partial charge in [-0.15, -0.1) is 0 Å². The minimum Gasteiger partial charge on any atom is -0.493 e. The fourth-order valence-electron chi connectivity index (χ4n) is 1.51. The minimum absolute atomic E-state index is 0.00294. The molecule has 17 heavy (non-hydrogen) atoms. The number of benzene rings is 1. The number of aliphatic hydroxyl groups excluding tert-OH is 1. The highest BCUT2D eigenvalue weighted by molar-refractivity contribution is 5.42. The summed E-state index contributed by atoms with van der Waals surface area (Å²) in [7, 11) is 1.62. The normalized spacial score (nSPS) is 10.3. The van der Waals surface area contributed by atoms with Gasteiger partial charge in [-0.1, -0.05) is 13.0 Å². The van der Waals surface area contributed by atoms with E-state index in [2.05, 4.69) is 12.2 Å². The molecule has 1 aromatic rings. The van der Waals surface area contributed by atoms with Gasteiger partial charge >= 0.3 is 0 Å². The van der Waals surface area contributed by atoms with Crippen LogP contribution in [0, 0.1) is 0 Å². The highest BCUT2D eigenvalue weighted by Crippen LogP contribution is 2.27. The first kappa shape index (κ1) is 13.8. The zero-order valence-electron chi connectivity index (χ0n) is 10.5. The summed E-state index contributed by atoms with van der Waals surface area (Å²) < 4.78 is 10.6. The molecule has 0 radical (unpaired) electrons. The second kappa shape index (κ2) is 7.92. The number of nitrogens with one attached hydrogen (secondary N) is 1. The molecule has 4 nitrogen and oxygen atoms in total. The fraction of sp³-hybridized carbons (Fsp3) is 0.538. The lowest BCUT2D eigenvalue weighted by atomic mass is 10.2. The van der Waals surface area contributed by atoms with E-state index < -0.39 is 0 Å². The van der Waals surface area contributed by atoms with Gasteiger partial charge in [-0.25, -0.2) is 0 Å². The van der Waals surface area contributed by atoms with Gasteiger partial charge in [0.05, 0.1) is 13.7 Å². The number of hydrogen-bond donors (Lipinski definition) is 2. The first-order chi connectivity index (χ1) is 8.31. The van der Waals surface area contributed by atoms with Crippen molar-refractivity contribution in [3.8, 4) is 11.5 Å². The van der Waals surface area contributed by atoms with Crippen molar-refractivity contribution in [2.75, 3.05) is 26.9 Å². The molecule has 1 rings (SSSR count). The Morgan fingerprint density at radius 3 is 2.76 bits per heavy atom. The van der Waals surface area contributed by atoms with Crippen LogP contribution >= 0.6 is 0 Å². The monoisotopic (exact) mass is 239 g/mol. The van der Waals surface area contributed by atoms with Crippen LogP contribution in [0.5, 0.6) is 11.5 Å². The molecule has 0 heterocycles. The van der Waals surface area contributed by atoms with Gasteiger partial charge in [0.25, 0.3) is 0 Å². The molecule has 0 aliphatic rings. The molecule has 0 aromatic heterocycles. The van der Waals surface area contributed by atoms with E-state index >= 15 is 0 Å². The van der Waals surface area contributed by atoms with Crippen molar-refractivity contribution in [2.24, 2.45) is 0 Å². The van der Waals surface area contributed by atoms with Crippen LogP contribution in [0.1, 0.15) is 18.9 Å². The summed E-state index contributed by atoms with van der Waals surface area (Å²) in [5.41, 5.74) is 1.16. The third kappa shape index (κ3) is 4.63. The van der Waals surface area contributed by atoms with Gasteiger partial charge in [-0.2, -0.15) is 0 Å². The molecule has 0 spiro atoms. The summed E-state index contributed by atoms with van der Waals surface area (Å²) in [4.78, 5) is 0. The maximum absolute atomic E-state index is 8.71. The van der Waals surface area contributed by atoms with Crippen LogP contribution in [0.4, 0.5) is 0 Å². The molecule has 0 aliphatic heterocycles. The SMILES string of the molecule is CCCNCc1ccc(OCCO)c(OC)c1. The van der Waals surface area contributed by atoms with E-state index in [1.165, 1.54) is 0 Å². The number of hydrogen-bond acceptors (Lipinski definition) is 4. The van der Waals surface area contributed by atoms with E-state index in [9.17, 15) is 0 Å². The van der Waals surface area contributed by atoms with Crippen LogP contribution in [0.25, 0.3) is 0 Å². The smallest absolute Gasteiger partial charge is 0.161 e. The van der Waals surface area contributed by atoms with Crippen molar-refractivity contribution in [1.29, 1.82) is 0 Å². The van der Waals surface area contributed by atoms with Gasteiger partial charge in [0.2, 0.25) is 0 Å². The fourth-order valence-corrected chi connectivity index (χ4v) is 1.51. The summed E-state index contributed by atoms with van der Waals surface area (Å²) in [6.07, 6.45) is 1.12. The Kier molecular flexibility index (Phi) is 6.43. The molecular formula is C13H21NO3. The van der Waals surface area contributed by atoms with Gasteiger partial charge in [-0.3, -0.25) is 0 Å². The topological polar surface area (TPSA) is 50.7 Å². The zero-order chi connectivity index (χ0) is 12.5. The van der Waals surface area contributed by atoms with E-state index in [-0.39, 0.29) is 13.2 Å². The Bertz CT molecular complexity index is 328. The maximum Gasteiger partial charge on any atom is 0.161 e. The number of methoxy groups -OCH3 is 1. The van der Waals surface area contributed by atoms with E-state index in [0.717, 1.165) is 25.1 Å². The van der Waals surface area contributed by atoms with Crippen LogP contribution in [-0.4, -0.2) is 32.0 Å². The maximum atomic E-state index is 8.71. The van der Waals surface area contributed by atoms with E-state index in [4.69, 9.17) is 14.6 Å². The van der Waals surface area contributed by atoms with Gasteiger partial charge in [0, 0.05) is 6.54 Å². The molecular weight excluding hydrogens is 218 g/mol. The predicted octanol–water partition coefficient (Wildman–Crippen LogP) is 1.57. The largest absolute Gasteiger partial charge is 0.493 e. The van der Waals surface area contributed by atoms with Crippen LogP contribution < -0.4 is 14.8 Å². The molecule has 2 N–H and O–H groups in total. The summed E-state index contributed by atoms with van der Waals surface area (Å²) in [5, 5.41) is 12.0. The van der Waals surface area contributed by atoms with E-state index in [1.54, 1.807) is 7.11 Å². The predicted molar refractivity (Wildman–Crippen MR) is 67.6 cm³/mol. The number of aliphatic hydroxyl groups is 1. The summed E-state index contributed by atoms with van der Waals surface area (Å²) in [6, 6.07) is 5.82. The Labute approximate surface area is 103 Å². The molecule has 0 unspecified atom stereocenters. The van der Waals surface area contributed by atoms with Crippen molar-refractivity contribution in [3.63, 3.8) is 0 Å². The molecule has 0 fully saturated rings. The quantitative estimate of drug-likeness (QED) is 0.676. The Hall–Kier alpha value is -1.26. The number of ether oxygens (including phenoxy) is 2. The molecule has 1 aromatic carbocycles. The molecule has 0 bridgehead atoms. The van der Waals surface area contributed by atoms with E-state index in [0.29, 0.717) is 11.5 Å². The lowest BCUT2D eigenvalue weighted by Gasteiger charge is -2.11. The highest BCUT2D eigenvalue weighted by Gasteiger charge is 2.05. The highest BCUT2D eigenvalue weighted by atomic mass is 16.5. The molecule has 0 amide bonds. The molecule has 0 aliphatic carbocycles. The van der Waals surface area contributed by atoms with Crippen molar-refractivity contribution in [3.05, 3.63) is 23.8 Å². The van der Waals surface area contributed by atoms with Crippen molar-refractivity contribution in [1.82, 2.24) is 5.32 Å². The average Bonchev–Trinajstić information content (AvgIpc) is 2.37. The third-order valence-corrected chi connectivity index (χ3v) is 2.33. The van der Waals surface area contributed by atoms with Crippen LogP contribution in [0.3, 0.4) is 0 Å². The standard InChI is InChI=1S/C13H21NO3/c1-3-6-14-10-11-4-5-12(17-8-7-15)13(9-11)16-2/h4-5,9,14-15H,3,6-8,10H2,1-2H3. The second-order valence-electron chi connectivity index (χ2n) is 3.73. The van der Waals surface area contributed by atoms with Crippen LogP contribution in [0.15, 0.2) is 18.2 Å². The van der Waals surface area contributed by atoms with Crippen LogP contribution in [-0.2, 0) is 6.54 Å². The third-order valence-electron chi connectivity index (χ3n) is 2.33. The molecule has 96 valence electrons. The molecule has 0 atom stereocenters. The molecule has 0 saturated carbocycles. The summed E-state index contributed by atoms with van der Waals surface area (Å²) in [6.45, 7) is 4.25. The summed E-state index contributed by atoms with van der Waals surface area (Å²) in [5.74, 6) is 1.37. The first-order valence-electron chi connectivity index (χ1n) is 5.93. The Morgan fingerprint density at radius 1 is 1.29 bits per heavy atom. The summed E-state index contributed by atoms with van der Waals surface area (Å²) >= 11 is 0. The lowest BCUT2D eigenvalue weighted by molar-refractivity contribution is 0.196. The molecule has 4 heteroatoms. The zero-order valence-corrected chi connectivity index (χ0v) is 10.5. The Balaban J connectivity index is 2.63. The van der Waals surface area contributed by atoms with Gasteiger partial charge < -0.3 is 19.9 Å². The van der Waals surface area contributed by atoms with Crippen LogP contribution in [0.2, 0.25) is 0 Å². The molecule has 0 saturated heterocycles. The second-order valence-corrected chi connectivity index (χ2v) is 3.73. The lowest BCUT2D eigenvalue weighted by Crippen LogP contribution is -2.13. The first-order valence-corrected chi connectivity index (χ1v) is 5.93. The average molecular weight is 239 g/mol. The Morgan fingerprint density at radius 2 is 2.12 bits per heavy atom. The van der Waals surface area contributed by atoms with Gasteiger partial charge in [0.15, 0.2) is 11.5 Å². The van der Waals surface area contributed by atoms with Crippen molar-refractivity contribution >= 4 is 0 Å². The van der Waals surface area contributed by atoms with Crippen molar-refractivity contribution < 1.29 is 14.6 Å². The minimum atomic E-state index is 0.00294. The van der Waals surface area contributed by atoms with Gasteiger partial charge in [-0.05, 0) is 30.7 Å². The van der Waals surface area contributed by atoms with Crippen molar-refractivity contribution in [2.45, 2.75) is 19.9 Å². The number of rotatable bonds is 8. The van der Waals surface area contributed by atoms with Gasteiger partial charge in [0.1, 0.15) is 6.61 Å². The van der Waals surface area contributed by atoms with E-state index in [1.807, 2.05) is 18.2 Å².